The van der Waals surface area contributed by atoms with Gasteiger partial charge in [-0.05, 0) is 32.1 Å². The van der Waals surface area contributed by atoms with E-state index in [2.05, 4.69) is 60.8 Å². The van der Waals surface area contributed by atoms with Gasteiger partial charge in [-0.1, -0.05) is 49.1 Å². The van der Waals surface area contributed by atoms with E-state index in [1.54, 1.807) is 5.19 Å². The van der Waals surface area contributed by atoms with Crippen molar-refractivity contribution in [2.24, 2.45) is 0 Å². The predicted octanol–water partition coefficient (Wildman–Crippen LogP) is 2.37. The lowest BCUT2D eigenvalue weighted by atomic mass is 10.2. The lowest BCUT2D eigenvalue weighted by Crippen LogP contribution is -2.37. The average molecular weight is 277 g/mol. The van der Waals surface area contributed by atoms with Crippen LogP contribution in [-0.2, 0) is 6.54 Å². The van der Waals surface area contributed by atoms with Crippen LogP contribution in [0.3, 0.4) is 0 Å². The third-order valence-corrected chi connectivity index (χ3v) is 6.10. The molecule has 1 heterocycles. The minimum Gasteiger partial charge on any atom is -0.305 e. The van der Waals surface area contributed by atoms with Gasteiger partial charge < -0.3 is 4.90 Å². The van der Waals surface area contributed by atoms with E-state index in [1.807, 2.05) is 0 Å². The smallest absolute Gasteiger partial charge is 0.0775 e. The first-order valence-corrected chi connectivity index (χ1v) is 11.0. The Balaban J connectivity index is 1.96. The highest BCUT2D eigenvalue weighted by atomic mass is 28.3. The molecule has 0 aliphatic carbocycles. The van der Waals surface area contributed by atoms with Crippen molar-refractivity contribution < 1.29 is 0 Å². The average Bonchev–Trinajstić information content (AvgIpc) is 2.54. The van der Waals surface area contributed by atoms with E-state index < -0.39 is 8.07 Å². The van der Waals surface area contributed by atoms with Crippen LogP contribution >= 0.6 is 0 Å². The summed E-state index contributed by atoms with van der Waals surface area (Å²) in [6.45, 7) is 13.2. The van der Waals surface area contributed by atoms with Gasteiger partial charge in [0, 0.05) is 19.6 Å². The van der Waals surface area contributed by atoms with E-state index in [0.717, 1.165) is 6.54 Å². The summed E-state index contributed by atoms with van der Waals surface area (Å²) in [6.07, 6.45) is 1.30. The zero-order valence-electron chi connectivity index (χ0n) is 12.9. The van der Waals surface area contributed by atoms with E-state index in [-0.39, 0.29) is 0 Å². The summed E-state index contributed by atoms with van der Waals surface area (Å²) in [6, 6.07) is 9.38. The van der Waals surface area contributed by atoms with Crippen LogP contribution in [0.15, 0.2) is 24.3 Å². The van der Waals surface area contributed by atoms with Crippen molar-refractivity contribution in [1.82, 2.24) is 9.80 Å². The van der Waals surface area contributed by atoms with E-state index in [9.17, 15) is 0 Å². The lowest BCUT2D eigenvalue weighted by molar-refractivity contribution is 0.269. The fourth-order valence-electron chi connectivity index (χ4n) is 2.63. The molecule has 0 saturated carbocycles. The second-order valence-corrected chi connectivity index (χ2v) is 12.0. The maximum Gasteiger partial charge on any atom is 0.0775 e. The van der Waals surface area contributed by atoms with Gasteiger partial charge >= 0.3 is 0 Å². The van der Waals surface area contributed by atoms with E-state index >= 15 is 0 Å². The maximum atomic E-state index is 2.59. The standard InChI is InChI=1S/C16H28N2Si/c1-17-10-5-11-18(13-12-17)14-15-6-8-16(9-7-15)19(2,3)4/h6-9H,5,10-14H2,1-4H3. The van der Waals surface area contributed by atoms with Gasteiger partial charge in [-0.15, -0.1) is 0 Å². The van der Waals surface area contributed by atoms with Gasteiger partial charge in [-0.25, -0.2) is 0 Å². The van der Waals surface area contributed by atoms with Crippen molar-refractivity contribution in [1.29, 1.82) is 0 Å². The quantitative estimate of drug-likeness (QED) is 0.782. The van der Waals surface area contributed by atoms with Crippen molar-refractivity contribution in [3.8, 4) is 0 Å². The molecule has 106 valence electrons. The molecule has 2 nitrogen and oxygen atoms in total. The van der Waals surface area contributed by atoms with Crippen LogP contribution in [0.4, 0.5) is 0 Å². The van der Waals surface area contributed by atoms with Crippen LogP contribution in [0, 0.1) is 0 Å². The van der Waals surface area contributed by atoms with Gasteiger partial charge in [-0.3, -0.25) is 4.90 Å². The molecular formula is C16H28N2Si. The first-order chi connectivity index (χ1) is 8.95. The molecule has 1 aliphatic rings. The van der Waals surface area contributed by atoms with Gasteiger partial charge in [0.25, 0.3) is 0 Å². The van der Waals surface area contributed by atoms with Gasteiger partial charge in [0.1, 0.15) is 0 Å². The summed E-state index contributed by atoms with van der Waals surface area (Å²) >= 11 is 0. The number of benzene rings is 1. The van der Waals surface area contributed by atoms with E-state index in [0.29, 0.717) is 0 Å². The van der Waals surface area contributed by atoms with Crippen LogP contribution < -0.4 is 5.19 Å². The van der Waals surface area contributed by atoms with Crippen molar-refractivity contribution in [3.63, 3.8) is 0 Å². The molecule has 2 rings (SSSR count). The summed E-state index contributed by atoms with van der Waals surface area (Å²) < 4.78 is 0. The van der Waals surface area contributed by atoms with E-state index in [1.165, 1.54) is 38.2 Å². The molecule has 0 bridgehead atoms. The van der Waals surface area contributed by atoms with Gasteiger partial charge in [-0.2, -0.15) is 0 Å². The third-order valence-electron chi connectivity index (χ3n) is 4.04. The van der Waals surface area contributed by atoms with Crippen LogP contribution in [0.5, 0.6) is 0 Å². The molecule has 0 spiro atoms. The predicted molar refractivity (Wildman–Crippen MR) is 86.8 cm³/mol. The molecule has 1 saturated heterocycles. The molecular weight excluding hydrogens is 248 g/mol. The number of rotatable bonds is 3. The first-order valence-electron chi connectivity index (χ1n) is 7.45. The minimum absolute atomic E-state index is 1.11. The molecule has 19 heavy (non-hydrogen) atoms. The van der Waals surface area contributed by atoms with Gasteiger partial charge in [0.15, 0.2) is 0 Å². The monoisotopic (exact) mass is 276 g/mol. The molecule has 1 aromatic rings. The van der Waals surface area contributed by atoms with Crippen LogP contribution in [0.1, 0.15) is 12.0 Å². The second kappa shape index (κ2) is 6.20. The van der Waals surface area contributed by atoms with Crippen molar-refractivity contribution in [2.45, 2.75) is 32.6 Å². The summed E-state index contributed by atoms with van der Waals surface area (Å²) in [4.78, 5) is 5.03. The Kier molecular flexibility index (Phi) is 4.82. The Morgan fingerprint density at radius 2 is 1.63 bits per heavy atom. The molecule has 0 unspecified atom stereocenters. The van der Waals surface area contributed by atoms with Crippen LogP contribution in [0.2, 0.25) is 19.6 Å². The summed E-state index contributed by atoms with van der Waals surface area (Å²) in [5.41, 5.74) is 1.46. The highest BCUT2D eigenvalue weighted by Gasteiger charge is 2.16. The number of hydrogen-bond donors (Lipinski definition) is 0. The molecule has 0 radical (unpaired) electrons. The Morgan fingerprint density at radius 1 is 0.947 bits per heavy atom. The lowest BCUT2D eigenvalue weighted by Gasteiger charge is -2.21. The first kappa shape index (κ1) is 14.8. The zero-order chi connectivity index (χ0) is 13.9. The fourth-order valence-corrected chi connectivity index (χ4v) is 3.79. The Morgan fingerprint density at radius 3 is 2.26 bits per heavy atom. The molecule has 1 aliphatic heterocycles. The normalized spacial score (nSPS) is 19.4. The third kappa shape index (κ3) is 4.44. The van der Waals surface area contributed by atoms with Gasteiger partial charge in [0.2, 0.25) is 0 Å². The van der Waals surface area contributed by atoms with Crippen LogP contribution in [-0.4, -0.2) is 51.1 Å². The number of likely N-dealkylation sites (N-methyl/N-ethyl adjacent to an activating group) is 1. The Bertz CT molecular complexity index is 394. The zero-order valence-corrected chi connectivity index (χ0v) is 13.9. The van der Waals surface area contributed by atoms with Crippen molar-refractivity contribution in [3.05, 3.63) is 29.8 Å². The highest BCUT2D eigenvalue weighted by molar-refractivity contribution is 6.88. The molecule has 1 aromatic carbocycles. The number of hydrogen-bond acceptors (Lipinski definition) is 2. The largest absolute Gasteiger partial charge is 0.305 e. The summed E-state index contributed by atoms with van der Waals surface area (Å²) in [7, 11) is 1.08. The SMILES string of the molecule is CN1CCCN(Cc2ccc([Si](C)(C)C)cc2)CC1. The fraction of sp³-hybridized carbons (Fsp3) is 0.625. The van der Waals surface area contributed by atoms with Crippen LogP contribution in [0.25, 0.3) is 0 Å². The van der Waals surface area contributed by atoms with Gasteiger partial charge in [0.05, 0.1) is 8.07 Å². The molecule has 3 heteroatoms. The summed E-state index contributed by atoms with van der Waals surface area (Å²) in [5, 5.41) is 1.56. The summed E-state index contributed by atoms with van der Waals surface area (Å²) in [5.74, 6) is 0. The highest BCUT2D eigenvalue weighted by Crippen LogP contribution is 2.09. The topological polar surface area (TPSA) is 6.48 Å². The van der Waals surface area contributed by atoms with Crippen molar-refractivity contribution in [2.75, 3.05) is 33.2 Å². The Labute approximate surface area is 119 Å². The molecule has 0 atom stereocenters. The molecule has 0 amide bonds. The number of nitrogens with zero attached hydrogens (tertiary/aromatic N) is 2. The molecule has 1 fully saturated rings. The maximum absolute atomic E-state index is 2.59. The minimum atomic E-state index is -1.15. The Hall–Kier alpha value is -0.643. The van der Waals surface area contributed by atoms with Crippen molar-refractivity contribution >= 4 is 13.3 Å². The van der Waals surface area contributed by atoms with E-state index in [4.69, 9.17) is 0 Å². The second-order valence-electron chi connectivity index (χ2n) is 6.88. The molecule has 0 aromatic heterocycles. The molecule has 0 N–H and O–H groups in total.